The highest BCUT2D eigenvalue weighted by Gasteiger charge is 2.75. The van der Waals surface area contributed by atoms with Crippen LogP contribution in [0.4, 0.5) is 5.69 Å². The van der Waals surface area contributed by atoms with Gasteiger partial charge in [0, 0.05) is 23.1 Å². The Morgan fingerprint density at radius 2 is 1.73 bits per heavy atom. The van der Waals surface area contributed by atoms with Crippen LogP contribution in [0.25, 0.3) is 10.8 Å². The van der Waals surface area contributed by atoms with Gasteiger partial charge >= 0.3 is 5.97 Å². The van der Waals surface area contributed by atoms with E-state index in [9.17, 15) is 19.5 Å². The molecule has 10 nitrogen and oxygen atoms in total. The molecule has 7 rings (SSSR count). The lowest BCUT2D eigenvalue weighted by Crippen LogP contribution is -2.58. The van der Waals surface area contributed by atoms with Gasteiger partial charge in [0.05, 0.1) is 30.5 Å². The van der Waals surface area contributed by atoms with Gasteiger partial charge in [0.25, 0.3) is 5.91 Å². The van der Waals surface area contributed by atoms with Crippen molar-refractivity contribution < 1.29 is 33.8 Å². The second-order valence-electron chi connectivity index (χ2n) is 12.7. The Hall–Kier alpha value is -4.32. The van der Waals surface area contributed by atoms with Gasteiger partial charge in [0.15, 0.2) is 0 Å². The number of fused-ring (bicyclic) bond motifs is 3. The Morgan fingerprint density at radius 1 is 0.979 bits per heavy atom. The summed E-state index contributed by atoms with van der Waals surface area (Å²) in [5.41, 5.74) is -0.123. The smallest absolute Gasteiger partial charge is 0.306 e. The van der Waals surface area contributed by atoms with Crippen LogP contribution in [-0.2, 0) is 28.7 Å². The number of amides is 3. The average molecular weight is 715 g/mol. The number of esters is 1. The zero-order chi connectivity index (χ0) is 33.6. The van der Waals surface area contributed by atoms with Gasteiger partial charge in [0.1, 0.15) is 24.4 Å². The van der Waals surface area contributed by atoms with Gasteiger partial charge in [-0.1, -0.05) is 88.7 Å². The van der Waals surface area contributed by atoms with Crippen molar-refractivity contribution in [1.29, 1.82) is 0 Å². The van der Waals surface area contributed by atoms with Crippen molar-refractivity contribution in [3.63, 3.8) is 0 Å². The van der Waals surface area contributed by atoms with Crippen molar-refractivity contribution in [2.75, 3.05) is 24.7 Å². The standard InChI is InChI=1S/C37H36BrN3O7/c1-22(20-42)41-33-36(46)40(26-16-15-23-10-7-8-13-25(23)18-26)17-9-3-6-14-29(43)47-21-28(24-11-4-2-5-12-24)39-34(44)30-31(35(41)45)37(33)19-27(38)32(30)48-37/h2-5,7-13,15-16,18-19,22,28,30-33,42H,6,14,17,20-21H2,1H3,(H,39,44)/b9-3-/t22-,28+,30+,31-,32+,33+,37-/m1/s1. The van der Waals surface area contributed by atoms with Crippen LogP contribution in [0.2, 0.25) is 0 Å². The number of allylic oxidation sites excluding steroid dienone is 1. The third-order valence-corrected chi connectivity index (χ3v) is 10.5. The molecule has 4 heterocycles. The Labute approximate surface area is 286 Å². The third-order valence-electron chi connectivity index (χ3n) is 9.85. The van der Waals surface area contributed by atoms with Crippen molar-refractivity contribution in [2.24, 2.45) is 11.8 Å². The highest BCUT2D eigenvalue weighted by molar-refractivity contribution is 9.11. The highest BCUT2D eigenvalue weighted by Crippen LogP contribution is 2.59. The summed E-state index contributed by atoms with van der Waals surface area (Å²) < 4.78 is 12.8. The number of cyclic esters (lactones) is 1. The van der Waals surface area contributed by atoms with Crippen molar-refractivity contribution in [1.82, 2.24) is 10.2 Å². The van der Waals surface area contributed by atoms with E-state index in [-0.39, 0.29) is 26.2 Å². The number of halogens is 1. The van der Waals surface area contributed by atoms with E-state index in [1.165, 1.54) is 4.90 Å². The Kier molecular flexibility index (Phi) is 8.69. The molecule has 4 aliphatic rings. The number of aliphatic hydroxyl groups is 1. The minimum atomic E-state index is -1.47. The number of carbonyl (C=O) groups excluding carboxylic acids is 4. The Bertz CT molecular complexity index is 1830. The second-order valence-corrected chi connectivity index (χ2v) is 13.7. The zero-order valence-corrected chi connectivity index (χ0v) is 27.9. The number of anilines is 1. The predicted molar refractivity (Wildman–Crippen MR) is 182 cm³/mol. The number of hydrogen-bond donors (Lipinski definition) is 2. The summed E-state index contributed by atoms with van der Waals surface area (Å²) in [4.78, 5) is 59.6. The molecule has 0 aliphatic carbocycles. The number of rotatable bonds is 4. The molecule has 0 unspecified atom stereocenters. The molecule has 2 saturated heterocycles. The first-order valence-corrected chi connectivity index (χ1v) is 17.0. The Balaban J connectivity index is 1.34. The maximum Gasteiger partial charge on any atom is 0.306 e. The van der Waals surface area contributed by atoms with Crippen LogP contribution in [0.1, 0.15) is 31.4 Å². The summed E-state index contributed by atoms with van der Waals surface area (Å²) in [5.74, 6) is -3.75. The van der Waals surface area contributed by atoms with Crippen LogP contribution in [0.5, 0.6) is 0 Å². The molecule has 3 amide bonds. The molecular weight excluding hydrogens is 678 g/mol. The first-order valence-electron chi connectivity index (χ1n) is 16.2. The van der Waals surface area contributed by atoms with Gasteiger partial charge in [-0.15, -0.1) is 0 Å². The molecule has 48 heavy (non-hydrogen) atoms. The first-order chi connectivity index (χ1) is 23.2. The second kappa shape index (κ2) is 12.9. The van der Waals surface area contributed by atoms with Crippen molar-refractivity contribution in [2.45, 2.75) is 49.6 Å². The Morgan fingerprint density at radius 3 is 2.50 bits per heavy atom. The van der Waals surface area contributed by atoms with Crippen LogP contribution >= 0.6 is 15.9 Å². The summed E-state index contributed by atoms with van der Waals surface area (Å²) in [6.45, 7) is 1.35. The van der Waals surface area contributed by atoms with Gasteiger partial charge < -0.3 is 29.7 Å². The number of nitrogens with zero attached hydrogens (tertiary/aromatic N) is 2. The van der Waals surface area contributed by atoms with Crippen LogP contribution in [0, 0.1) is 11.8 Å². The lowest BCUT2D eigenvalue weighted by Gasteiger charge is -2.37. The van der Waals surface area contributed by atoms with E-state index in [0.29, 0.717) is 16.6 Å². The molecule has 5 bridgehead atoms. The maximum atomic E-state index is 15.0. The lowest BCUT2D eigenvalue weighted by atomic mass is 9.74. The number of likely N-dealkylation sites (tertiary alicyclic amines) is 1. The number of carbonyl (C=O) groups is 4. The van der Waals surface area contributed by atoms with E-state index >= 15 is 4.79 Å². The fourth-order valence-electron chi connectivity index (χ4n) is 7.53. The van der Waals surface area contributed by atoms with Gasteiger partial charge in [-0.3, -0.25) is 19.2 Å². The highest BCUT2D eigenvalue weighted by atomic mass is 79.9. The number of aliphatic hydroxyl groups excluding tert-OH is 1. The molecule has 7 atom stereocenters. The fraction of sp³-hybridized carbons (Fsp3) is 0.351. The summed E-state index contributed by atoms with van der Waals surface area (Å²) >= 11 is 3.60. The molecule has 4 aliphatic heterocycles. The van der Waals surface area contributed by atoms with Crippen molar-refractivity contribution >= 4 is 56.1 Å². The topological polar surface area (TPSA) is 125 Å². The van der Waals surface area contributed by atoms with E-state index in [0.717, 1.165) is 16.3 Å². The van der Waals surface area contributed by atoms with Crippen LogP contribution < -0.4 is 10.2 Å². The number of benzene rings is 3. The van der Waals surface area contributed by atoms with Gasteiger partial charge in [-0.05, 0) is 47.9 Å². The quantitative estimate of drug-likeness (QED) is 0.307. The molecule has 1 spiro atoms. The molecule has 3 aromatic carbocycles. The van der Waals surface area contributed by atoms with Gasteiger partial charge in [0.2, 0.25) is 11.8 Å². The van der Waals surface area contributed by atoms with Crippen LogP contribution in [0.15, 0.2) is 95.5 Å². The van der Waals surface area contributed by atoms with Crippen molar-refractivity contribution in [3.05, 3.63) is 101 Å². The van der Waals surface area contributed by atoms with E-state index in [4.69, 9.17) is 9.47 Å². The van der Waals surface area contributed by atoms with E-state index in [1.807, 2.05) is 84.9 Å². The summed E-state index contributed by atoms with van der Waals surface area (Å²) in [7, 11) is 0. The number of nitrogens with one attached hydrogen (secondary N) is 1. The summed E-state index contributed by atoms with van der Waals surface area (Å²) in [5, 5.41) is 15.3. The molecule has 0 radical (unpaired) electrons. The van der Waals surface area contributed by atoms with Gasteiger partial charge in [-0.2, -0.15) is 0 Å². The molecule has 0 aromatic heterocycles. The first kappa shape index (κ1) is 32.2. The monoisotopic (exact) mass is 713 g/mol. The third kappa shape index (κ3) is 5.43. The molecule has 3 aromatic rings. The summed E-state index contributed by atoms with van der Waals surface area (Å²) in [6.07, 6.45) is 5.10. The number of ether oxygens (including phenoxy) is 2. The SMILES string of the molecule is C[C@H](CO)N1C(=O)[C@H]2[C@@H]3C(=O)N[C@H](c4ccccc4)COC(=O)CC/C=C\CN(c4ccc5ccccc5c4)C(=O)[C@H]1[C@@]21C=C(Br)[C@@H]3O1. The van der Waals surface area contributed by atoms with Crippen LogP contribution in [0.3, 0.4) is 0 Å². The zero-order valence-electron chi connectivity index (χ0n) is 26.3. The lowest BCUT2D eigenvalue weighted by molar-refractivity contribution is -0.146. The van der Waals surface area contributed by atoms with Gasteiger partial charge in [-0.25, -0.2) is 0 Å². The molecule has 0 saturated carbocycles. The molecule has 248 valence electrons. The molecule has 2 fully saturated rings. The predicted octanol–water partition coefficient (Wildman–Crippen LogP) is 4.18. The largest absolute Gasteiger partial charge is 0.463 e. The van der Waals surface area contributed by atoms with E-state index < -0.39 is 65.4 Å². The minimum Gasteiger partial charge on any atom is -0.463 e. The molecular formula is C37H36BrN3O7. The molecule has 11 heteroatoms. The normalized spacial score (nSPS) is 30.6. The summed E-state index contributed by atoms with van der Waals surface area (Å²) in [6, 6.07) is 20.1. The van der Waals surface area contributed by atoms with Crippen LogP contribution in [-0.4, -0.2) is 77.2 Å². The van der Waals surface area contributed by atoms with E-state index in [1.54, 1.807) is 17.9 Å². The van der Waals surface area contributed by atoms with Crippen molar-refractivity contribution in [3.8, 4) is 0 Å². The van der Waals surface area contributed by atoms with E-state index in [2.05, 4.69) is 21.2 Å². The average Bonchev–Trinajstić information content (AvgIpc) is 3.70. The maximum absolute atomic E-state index is 15.0. The minimum absolute atomic E-state index is 0.0954. The fourth-order valence-corrected chi connectivity index (χ4v) is 8.27. The molecule has 2 N–H and O–H groups in total. The number of hydrogen-bond acceptors (Lipinski definition) is 7.